The van der Waals surface area contributed by atoms with E-state index in [0.717, 1.165) is 54.0 Å². The summed E-state index contributed by atoms with van der Waals surface area (Å²) < 4.78 is 2.05. The molecule has 5 heteroatoms. The number of rotatable bonds is 11. The first-order valence-electron chi connectivity index (χ1n) is 11.3. The van der Waals surface area contributed by atoms with Crippen molar-refractivity contribution in [3.63, 3.8) is 0 Å². The van der Waals surface area contributed by atoms with E-state index in [9.17, 15) is 9.90 Å². The van der Waals surface area contributed by atoms with Crippen molar-refractivity contribution < 1.29 is 9.90 Å². The van der Waals surface area contributed by atoms with E-state index in [2.05, 4.69) is 32.9 Å². The summed E-state index contributed by atoms with van der Waals surface area (Å²) in [6, 6.07) is 15.2. The third kappa shape index (κ3) is 6.27. The molecule has 5 nitrogen and oxygen atoms in total. The minimum Gasteiger partial charge on any atom is -0.478 e. The first kappa shape index (κ1) is 22.7. The maximum atomic E-state index is 11.5. The second-order valence-corrected chi connectivity index (χ2v) is 8.54. The van der Waals surface area contributed by atoms with E-state index >= 15 is 0 Å². The van der Waals surface area contributed by atoms with Gasteiger partial charge < -0.3 is 5.11 Å². The van der Waals surface area contributed by atoms with Gasteiger partial charge in [-0.15, -0.1) is 0 Å². The second-order valence-electron chi connectivity index (χ2n) is 8.54. The summed E-state index contributed by atoms with van der Waals surface area (Å²) in [5.74, 6) is 1.72. The Balaban J connectivity index is 1.79. The number of aryl methyl sites for hydroxylation is 2. The van der Waals surface area contributed by atoms with Crippen LogP contribution in [-0.2, 0) is 19.4 Å². The standard InChI is InChI=1S/C26H33N3O2/c1-4-5-6-11-24-27-25(17-12-19(2)3)29(28-24)18-20-13-15-21(16-14-20)22-9-7-8-10-23(22)26(30)31/h7-10,13-16,19H,4-6,11-12,17-18H2,1-3H3,(H,30,31). The highest BCUT2D eigenvalue weighted by Gasteiger charge is 2.13. The zero-order valence-electron chi connectivity index (χ0n) is 18.8. The highest BCUT2D eigenvalue weighted by Crippen LogP contribution is 2.24. The lowest BCUT2D eigenvalue weighted by atomic mass is 9.99. The van der Waals surface area contributed by atoms with E-state index in [1.54, 1.807) is 12.1 Å². The zero-order valence-corrected chi connectivity index (χ0v) is 18.8. The quantitative estimate of drug-likeness (QED) is 0.386. The monoisotopic (exact) mass is 419 g/mol. The Morgan fingerprint density at radius 3 is 2.45 bits per heavy atom. The molecule has 2 aromatic carbocycles. The molecule has 0 saturated heterocycles. The van der Waals surface area contributed by atoms with Gasteiger partial charge in [0.1, 0.15) is 5.82 Å². The minimum atomic E-state index is -0.910. The number of carboxylic acid groups (broad SMARTS) is 1. The number of hydrogen-bond acceptors (Lipinski definition) is 3. The van der Waals surface area contributed by atoms with E-state index in [1.807, 2.05) is 28.9 Å². The first-order valence-corrected chi connectivity index (χ1v) is 11.3. The lowest BCUT2D eigenvalue weighted by Crippen LogP contribution is -2.08. The van der Waals surface area contributed by atoms with Crippen molar-refractivity contribution in [3.05, 3.63) is 71.3 Å². The number of aromatic carboxylic acids is 1. The number of benzene rings is 2. The smallest absolute Gasteiger partial charge is 0.336 e. The van der Waals surface area contributed by atoms with Crippen LogP contribution >= 0.6 is 0 Å². The van der Waals surface area contributed by atoms with Crippen LogP contribution in [0.4, 0.5) is 0 Å². The molecule has 3 rings (SSSR count). The molecule has 31 heavy (non-hydrogen) atoms. The molecule has 3 aromatic rings. The fourth-order valence-electron chi connectivity index (χ4n) is 3.68. The van der Waals surface area contributed by atoms with Crippen molar-refractivity contribution in [3.8, 4) is 11.1 Å². The van der Waals surface area contributed by atoms with Crippen LogP contribution in [0.1, 0.15) is 74.0 Å². The van der Waals surface area contributed by atoms with Gasteiger partial charge >= 0.3 is 5.97 Å². The van der Waals surface area contributed by atoms with Crippen molar-refractivity contribution in [2.75, 3.05) is 0 Å². The summed E-state index contributed by atoms with van der Waals surface area (Å²) in [5.41, 5.74) is 3.09. The predicted octanol–water partition coefficient (Wildman–Crippen LogP) is 6.01. The largest absolute Gasteiger partial charge is 0.478 e. The topological polar surface area (TPSA) is 68.0 Å². The highest BCUT2D eigenvalue weighted by molar-refractivity contribution is 5.95. The van der Waals surface area contributed by atoms with Gasteiger partial charge in [0.2, 0.25) is 0 Å². The van der Waals surface area contributed by atoms with Crippen LogP contribution in [0.3, 0.4) is 0 Å². The molecule has 1 heterocycles. The molecular weight excluding hydrogens is 386 g/mol. The number of carbonyl (C=O) groups is 1. The van der Waals surface area contributed by atoms with Gasteiger partial charge in [-0.2, -0.15) is 5.10 Å². The van der Waals surface area contributed by atoms with Gasteiger partial charge in [0.25, 0.3) is 0 Å². The Labute approximate surface area is 185 Å². The lowest BCUT2D eigenvalue weighted by molar-refractivity contribution is 0.0697. The normalized spacial score (nSPS) is 11.2. The Hall–Kier alpha value is -2.95. The summed E-state index contributed by atoms with van der Waals surface area (Å²) in [4.78, 5) is 16.4. The SMILES string of the molecule is CCCCCc1nc(CCC(C)C)n(Cc2ccc(-c3ccccc3C(=O)O)cc2)n1. The summed E-state index contributed by atoms with van der Waals surface area (Å²) >= 11 is 0. The molecule has 164 valence electrons. The van der Waals surface area contributed by atoms with Gasteiger partial charge in [0.05, 0.1) is 12.1 Å². The molecule has 0 aliphatic heterocycles. The van der Waals surface area contributed by atoms with E-state index < -0.39 is 5.97 Å². The number of carboxylic acids is 1. The maximum absolute atomic E-state index is 11.5. The van der Waals surface area contributed by atoms with Crippen LogP contribution in [0.25, 0.3) is 11.1 Å². The van der Waals surface area contributed by atoms with Crippen LogP contribution in [0.5, 0.6) is 0 Å². The summed E-state index contributed by atoms with van der Waals surface area (Å²) in [6.45, 7) is 7.35. The number of aromatic nitrogens is 3. The fourth-order valence-corrected chi connectivity index (χ4v) is 3.68. The molecule has 0 aliphatic carbocycles. The first-order chi connectivity index (χ1) is 15.0. The molecule has 0 aliphatic rings. The van der Waals surface area contributed by atoms with Crippen LogP contribution in [-0.4, -0.2) is 25.8 Å². The predicted molar refractivity (Wildman–Crippen MR) is 124 cm³/mol. The molecule has 1 N–H and O–H groups in total. The van der Waals surface area contributed by atoms with Crippen molar-refractivity contribution in [1.82, 2.24) is 14.8 Å². The molecular formula is C26H33N3O2. The van der Waals surface area contributed by atoms with Gasteiger partial charge in [0.15, 0.2) is 5.82 Å². The average Bonchev–Trinajstić information content (AvgIpc) is 3.14. The molecule has 0 bridgehead atoms. The van der Waals surface area contributed by atoms with E-state index in [4.69, 9.17) is 10.1 Å². The molecule has 1 aromatic heterocycles. The number of hydrogen-bond donors (Lipinski definition) is 1. The lowest BCUT2D eigenvalue weighted by Gasteiger charge is -2.10. The minimum absolute atomic E-state index is 0.319. The Morgan fingerprint density at radius 2 is 1.77 bits per heavy atom. The van der Waals surface area contributed by atoms with Crippen LogP contribution in [0.15, 0.2) is 48.5 Å². The highest BCUT2D eigenvalue weighted by atomic mass is 16.4. The Morgan fingerprint density at radius 1 is 1.03 bits per heavy atom. The van der Waals surface area contributed by atoms with E-state index in [-0.39, 0.29) is 0 Å². The number of nitrogens with zero attached hydrogens (tertiary/aromatic N) is 3. The summed E-state index contributed by atoms with van der Waals surface area (Å²) in [7, 11) is 0. The second kappa shape index (κ2) is 10.9. The summed E-state index contributed by atoms with van der Waals surface area (Å²) in [6.07, 6.45) is 6.48. The molecule has 0 saturated carbocycles. The van der Waals surface area contributed by atoms with Gasteiger partial charge in [-0.3, -0.25) is 0 Å². The van der Waals surface area contributed by atoms with Crippen LogP contribution in [0.2, 0.25) is 0 Å². The molecule has 0 atom stereocenters. The van der Waals surface area contributed by atoms with E-state index in [1.165, 1.54) is 12.8 Å². The Bertz CT molecular complexity index is 990. The molecule has 0 amide bonds. The molecule has 0 spiro atoms. The molecule has 0 unspecified atom stereocenters. The molecule has 0 fully saturated rings. The fraction of sp³-hybridized carbons (Fsp3) is 0.423. The van der Waals surface area contributed by atoms with Gasteiger partial charge in [-0.1, -0.05) is 76.1 Å². The van der Waals surface area contributed by atoms with Gasteiger partial charge in [0, 0.05) is 12.8 Å². The zero-order chi connectivity index (χ0) is 22.2. The van der Waals surface area contributed by atoms with Gasteiger partial charge in [-0.05, 0) is 41.5 Å². The van der Waals surface area contributed by atoms with Gasteiger partial charge in [-0.25, -0.2) is 14.5 Å². The van der Waals surface area contributed by atoms with Crippen molar-refractivity contribution in [1.29, 1.82) is 0 Å². The summed E-state index contributed by atoms with van der Waals surface area (Å²) in [5, 5.41) is 14.3. The third-order valence-electron chi connectivity index (χ3n) is 5.50. The number of unbranched alkanes of at least 4 members (excludes halogenated alkanes) is 2. The van der Waals surface area contributed by atoms with Crippen molar-refractivity contribution in [2.45, 2.75) is 65.8 Å². The maximum Gasteiger partial charge on any atom is 0.336 e. The van der Waals surface area contributed by atoms with Crippen LogP contribution in [0, 0.1) is 5.92 Å². The van der Waals surface area contributed by atoms with Crippen LogP contribution < -0.4 is 0 Å². The molecule has 0 radical (unpaired) electrons. The van der Waals surface area contributed by atoms with E-state index in [0.29, 0.717) is 18.0 Å². The van der Waals surface area contributed by atoms with Crippen molar-refractivity contribution >= 4 is 5.97 Å². The Kier molecular flexibility index (Phi) is 7.99. The van der Waals surface area contributed by atoms with Crippen molar-refractivity contribution in [2.24, 2.45) is 5.92 Å². The average molecular weight is 420 g/mol. The third-order valence-corrected chi connectivity index (χ3v) is 5.50.